The number of halogens is 3. The SMILES string of the molecule is COCc1ccccc1-c1ccc2c(c1)C1(CCOCC1)CN2C(=O)c1ccnn1C.O=C(O)C(F)(F)F. The third kappa shape index (κ3) is 5.44. The molecule has 1 N–H and O–H groups in total. The molecule has 1 amide bonds. The van der Waals surface area contributed by atoms with E-state index in [9.17, 15) is 18.0 Å². The van der Waals surface area contributed by atoms with Crippen LogP contribution in [0.25, 0.3) is 11.1 Å². The van der Waals surface area contributed by atoms with E-state index in [1.54, 1.807) is 24.1 Å². The van der Waals surface area contributed by atoms with E-state index in [2.05, 4.69) is 41.5 Å². The zero-order valence-electron chi connectivity index (χ0n) is 21.0. The number of carboxylic acids is 1. The fraction of sp³-hybridized carbons (Fsp3) is 0.370. The van der Waals surface area contributed by atoms with E-state index >= 15 is 0 Å². The lowest BCUT2D eigenvalue weighted by atomic mass is 9.75. The maximum Gasteiger partial charge on any atom is 0.490 e. The van der Waals surface area contributed by atoms with Crippen LogP contribution in [0.1, 0.15) is 34.5 Å². The normalized spacial score (nSPS) is 16.1. The number of ether oxygens (including phenoxy) is 2. The van der Waals surface area contributed by atoms with E-state index in [4.69, 9.17) is 19.4 Å². The van der Waals surface area contributed by atoms with Crippen molar-refractivity contribution in [3.05, 3.63) is 71.5 Å². The lowest BCUT2D eigenvalue weighted by Crippen LogP contribution is -2.41. The highest BCUT2D eigenvalue weighted by atomic mass is 19.4. The molecule has 2 aliphatic heterocycles. The Hall–Kier alpha value is -3.70. The van der Waals surface area contributed by atoms with E-state index in [1.807, 2.05) is 18.0 Å². The summed E-state index contributed by atoms with van der Waals surface area (Å²) in [6.07, 6.45) is -1.58. The van der Waals surface area contributed by atoms with Crippen LogP contribution in [0.5, 0.6) is 0 Å². The molecular formula is C27H28F3N3O5. The highest BCUT2D eigenvalue weighted by molar-refractivity contribution is 6.07. The number of carbonyl (C=O) groups is 2. The molecule has 1 aromatic heterocycles. The van der Waals surface area contributed by atoms with Crippen molar-refractivity contribution >= 4 is 17.6 Å². The number of hydrogen-bond donors (Lipinski definition) is 1. The highest BCUT2D eigenvalue weighted by Gasteiger charge is 2.46. The van der Waals surface area contributed by atoms with Crippen LogP contribution in [0.3, 0.4) is 0 Å². The molecule has 11 heteroatoms. The Kier molecular flexibility index (Phi) is 7.89. The van der Waals surface area contributed by atoms with Gasteiger partial charge >= 0.3 is 12.1 Å². The second kappa shape index (κ2) is 11.0. The molecular weight excluding hydrogens is 503 g/mol. The van der Waals surface area contributed by atoms with E-state index in [0.717, 1.165) is 42.9 Å². The van der Waals surface area contributed by atoms with Gasteiger partial charge in [0.1, 0.15) is 5.69 Å². The first-order valence-electron chi connectivity index (χ1n) is 12.0. The average molecular weight is 532 g/mol. The minimum Gasteiger partial charge on any atom is -0.475 e. The Morgan fingerprint density at radius 2 is 1.82 bits per heavy atom. The van der Waals surface area contributed by atoms with E-state index in [1.165, 1.54) is 11.1 Å². The number of anilines is 1. The lowest BCUT2D eigenvalue weighted by molar-refractivity contribution is -0.192. The lowest BCUT2D eigenvalue weighted by Gasteiger charge is -2.34. The summed E-state index contributed by atoms with van der Waals surface area (Å²) in [6, 6.07) is 16.6. The molecule has 0 radical (unpaired) electrons. The van der Waals surface area contributed by atoms with Gasteiger partial charge in [-0.25, -0.2) is 4.79 Å². The monoisotopic (exact) mass is 531 g/mol. The first-order valence-corrected chi connectivity index (χ1v) is 12.0. The summed E-state index contributed by atoms with van der Waals surface area (Å²) in [5.74, 6) is -2.76. The van der Waals surface area contributed by atoms with Crippen LogP contribution in [-0.2, 0) is 33.3 Å². The number of alkyl halides is 3. The quantitative estimate of drug-likeness (QED) is 0.530. The Bertz CT molecular complexity index is 1320. The summed E-state index contributed by atoms with van der Waals surface area (Å²) >= 11 is 0. The van der Waals surface area contributed by atoms with Gasteiger partial charge in [0.05, 0.1) is 6.61 Å². The van der Waals surface area contributed by atoms with Gasteiger partial charge < -0.3 is 19.5 Å². The fourth-order valence-corrected chi connectivity index (χ4v) is 5.01. The van der Waals surface area contributed by atoms with Crippen LogP contribution < -0.4 is 4.90 Å². The molecule has 0 atom stereocenters. The maximum atomic E-state index is 13.4. The molecule has 38 heavy (non-hydrogen) atoms. The Balaban J connectivity index is 0.000000426. The zero-order chi connectivity index (χ0) is 27.5. The molecule has 0 saturated carbocycles. The third-order valence-electron chi connectivity index (χ3n) is 6.93. The number of nitrogens with zero attached hydrogens (tertiary/aromatic N) is 3. The molecule has 1 saturated heterocycles. The van der Waals surface area contributed by atoms with E-state index in [0.29, 0.717) is 18.8 Å². The molecule has 5 rings (SSSR count). The molecule has 202 valence electrons. The number of carbonyl (C=O) groups excluding carboxylic acids is 1. The van der Waals surface area contributed by atoms with Crippen molar-refractivity contribution < 1.29 is 37.3 Å². The first kappa shape index (κ1) is 27.3. The van der Waals surface area contributed by atoms with Gasteiger partial charge in [-0.15, -0.1) is 0 Å². The second-order valence-corrected chi connectivity index (χ2v) is 9.25. The molecule has 1 fully saturated rings. The van der Waals surface area contributed by atoms with Gasteiger partial charge in [0.25, 0.3) is 5.91 Å². The van der Waals surface area contributed by atoms with Crippen LogP contribution in [0, 0.1) is 0 Å². The molecule has 3 aromatic rings. The number of benzene rings is 2. The van der Waals surface area contributed by atoms with Crippen molar-refractivity contribution in [2.45, 2.75) is 31.0 Å². The number of aromatic nitrogens is 2. The summed E-state index contributed by atoms with van der Waals surface area (Å²) in [7, 11) is 3.53. The zero-order valence-corrected chi connectivity index (χ0v) is 21.0. The topological polar surface area (TPSA) is 93.9 Å². The highest BCUT2D eigenvalue weighted by Crippen LogP contribution is 2.48. The van der Waals surface area contributed by atoms with Gasteiger partial charge in [-0.05, 0) is 53.3 Å². The number of aryl methyl sites for hydroxylation is 1. The van der Waals surface area contributed by atoms with Gasteiger partial charge in [0, 0.05) is 51.2 Å². The van der Waals surface area contributed by atoms with Crippen LogP contribution >= 0.6 is 0 Å². The van der Waals surface area contributed by atoms with Gasteiger partial charge in [-0.2, -0.15) is 18.3 Å². The van der Waals surface area contributed by atoms with Crippen molar-refractivity contribution in [1.29, 1.82) is 0 Å². The number of carboxylic acid groups (broad SMARTS) is 1. The van der Waals surface area contributed by atoms with Crippen LogP contribution in [0.15, 0.2) is 54.7 Å². The number of aliphatic carboxylic acids is 1. The molecule has 1 spiro atoms. The van der Waals surface area contributed by atoms with Gasteiger partial charge in [0.15, 0.2) is 0 Å². The van der Waals surface area contributed by atoms with Crippen molar-refractivity contribution in [2.75, 3.05) is 31.8 Å². The Morgan fingerprint density at radius 3 is 2.42 bits per heavy atom. The standard InChI is InChI=1S/C25H27N3O3.C2HF3O2/c1-27-23(9-12-26-27)24(29)28-17-25(10-13-31-14-11-25)21-15-18(7-8-22(21)28)20-6-4-3-5-19(20)16-30-2;3-2(4,5)1(6)7/h3-9,12,15H,10-11,13-14,16-17H2,1-2H3;(H,6,7). The molecule has 0 bridgehead atoms. The van der Waals surface area contributed by atoms with Gasteiger partial charge in [0.2, 0.25) is 0 Å². The largest absolute Gasteiger partial charge is 0.490 e. The number of fused-ring (bicyclic) bond motifs is 2. The predicted molar refractivity (Wildman–Crippen MR) is 133 cm³/mol. The van der Waals surface area contributed by atoms with Crippen molar-refractivity contribution in [1.82, 2.24) is 9.78 Å². The number of rotatable bonds is 4. The Labute approximate surface area is 217 Å². The Morgan fingerprint density at radius 1 is 1.13 bits per heavy atom. The summed E-state index contributed by atoms with van der Waals surface area (Å²) in [5, 5.41) is 11.3. The van der Waals surface area contributed by atoms with E-state index in [-0.39, 0.29) is 11.3 Å². The predicted octanol–water partition coefficient (Wildman–Crippen LogP) is 4.58. The third-order valence-corrected chi connectivity index (χ3v) is 6.93. The van der Waals surface area contributed by atoms with Crippen molar-refractivity contribution in [3.8, 4) is 11.1 Å². The molecule has 8 nitrogen and oxygen atoms in total. The summed E-state index contributed by atoms with van der Waals surface area (Å²) in [6.45, 7) is 2.69. The summed E-state index contributed by atoms with van der Waals surface area (Å²) in [5.41, 5.74) is 6.26. The van der Waals surface area contributed by atoms with Crippen LogP contribution in [-0.4, -0.2) is 59.8 Å². The van der Waals surface area contributed by atoms with Gasteiger partial charge in [-0.1, -0.05) is 30.3 Å². The number of methoxy groups -OCH3 is 1. The van der Waals surface area contributed by atoms with Crippen molar-refractivity contribution in [2.24, 2.45) is 7.05 Å². The molecule has 3 heterocycles. The number of amides is 1. The van der Waals surface area contributed by atoms with Gasteiger partial charge in [-0.3, -0.25) is 9.48 Å². The van der Waals surface area contributed by atoms with E-state index < -0.39 is 12.1 Å². The smallest absolute Gasteiger partial charge is 0.475 e. The molecule has 2 aromatic carbocycles. The maximum absolute atomic E-state index is 13.4. The summed E-state index contributed by atoms with van der Waals surface area (Å²) < 4.78 is 44.5. The van der Waals surface area contributed by atoms with Crippen LogP contribution in [0.4, 0.5) is 18.9 Å². The first-order chi connectivity index (χ1) is 18.1. The van der Waals surface area contributed by atoms with Crippen LogP contribution in [0.2, 0.25) is 0 Å². The minimum absolute atomic E-state index is 0.00264. The molecule has 2 aliphatic rings. The summed E-state index contributed by atoms with van der Waals surface area (Å²) in [4.78, 5) is 24.3. The average Bonchev–Trinajstić information content (AvgIpc) is 3.46. The fourth-order valence-electron chi connectivity index (χ4n) is 5.01. The number of hydrogen-bond acceptors (Lipinski definition) is 5. The minimum atomic E-state index is -5.08. The second-order valence-electron chi connectivity index (χ2n) is 9.25. The molecule has 0 aliphatic carbocycles. The van der Waals surface area contributed by atoms with Crippen molar-refractivity contribution in [3.63, 3.8) is 0 Å². The molecule has 0 unspecified atom stereocenters.